The minimum absolute atomic E-state index is 0.0774. The van der Waals surface area contributed by atoms with Gasteiger partial charge in [-0.3, -0.25) is 4.79 Å². The predicted octanol–water partition coefficient (Wildman–Crippen LogP) is 4.86. The van der Waals surface area contributed by atoms with Crippen LogP contribution in [0.4, 0.5) is 0 Å². The Balaban J connectivity index is 2.02. The Bertz CT molecular complexity index is 662. The summed E-state index contributed by atoms with van der Waals surface area (Å²) in [6.45, 7) is 10.3. The van der Waals surface area contributed by atoms with E-state index >= 15 is 0 Å². The van der Waals surface area contributed by atoms with Crippen molar-refractivity contribution in [1.29, 1.82) is 0 Å². The van der Waals surface area contributed by atoms with E-state index < -0.39 is 6.29 Å². The van der Waals surface area contributed by atoms with Crippen molar-refractivity contribution in [2.75, 3.05) is 14.2 Å². The first-order chi connectivity index (χ1) is 13.8. The smallest absolute Gasteiger partial charge is 0.302 e. The van der Waals surface area contributed by atoms with E-state index in [1.165, 1.54) is 23.6 Å². The van der Waals surface area contributed by atoms with E-state index in [9.17, 15) is 4.79 Å². The average molecular weight is 407 g/mol. The fraction of sp³-hybridized carbons (Fsp3) is 0.792. The number of hydrogen-bond donors (Lipinski definition) is 0. The van der Waals surface area contributed by atoms with Crippen molar-refractivity contribution < 1.29 is 23.7 Å². The summed E-state index contributed by atoms with van der Waals surface area (Å²) in [6, 6.07) is 0. The van der Waals surface area contributed by atoms with Crippen LogP contribution in [-0.2, 0) is 23.7 Å². The number of carbonyl (C=O) groups is 1. The first-order valence-corrected chi connectivity index (χ1v) is 11.0. The number of hydrogen-bond acceptors (Lipinski definition) is 5. The molecule has 0 bridgehead atoms. The Morgan fingerprint density at radius 3 is 2.38 bits per heavy atom. The largest absolute Gasteiger partial charge is 0.462 e. The first-order valence-electron chi connectivity index (χ1n) is 11.0. The average Bonchev–Trinajstić information content (AvgIpc) is 3.34. The Morgan fingerprint density at radius 2 is 1.79 bits per heavy atom. The van der Waals surface area contributed by atoms with E-state index in [2.05, 4.69) is 33.8 Å². The van der Waals surface area contributed by atoms with E-state index in [0.29, 0.717) is 23.7 Å². The molecule has 3 rings (SSSR count). The molecule has 0 N–H and O–H groups in total. The van der Waals surface area contributed by atoms with Crippen molar-refractivity contribution in [3.05, 3.63) is 22.8 Å². The molecule has 1 fully saturated rings. The third-order valence-corrected chi connectivity index (χ3v) is 6.96. The Morgan fingerprint density at radius 1 is 1.14 bits per heavy atom. The van der Waals surface area contributed by atoms with Crippen molar-refractivity contribution in [3.8, 4) is 0 Å². The first kappa shape index (κ1) is 22.5. The second-order valence-electron chi connectivity index (χ2n) is 9.41. The molecule has 3 aliphatic rings. The van der Waals surface area contributed by atoms with Crippen LogP contribution in [-0.4, -0.2) is 38.9 Å². The Kier molecular flexibility index (Phi) is 7.23. The lowest BCUT2D eigenvalue weighted by molar-refractivity contribution is -0.184. The minimum Gasteiger partial charge on any atom is -0.462 e. The van der Waals surface area contributed by atoms with E-state index in [1.807, 2.05) is 0 Å². The maximum atomic E-state index is 12.0. The summed E-state index contributed by atoms with van der Waals surface area (Å²) < 4.78 is 23.6. The fourth-order valence-corrected chi connectivity index (χ4v) is 5.55. The van der Waals surface area contributed by atoms with Crippen LogP contribution in [0, 0.1) is 29.6 Å². The van der Waals surface area contributed by atoms with Crippen molar-refractivity contribution in [2.45, 2.75) is 79.0 Å². The van der Waals surface area contributed by atoms with Gasteiger partial charge in [0.25, 0.3) is 0 Å². The van der Waals surface area contributed by atoms with Gasteiger partial charge in [0.15, 0.2) is 12.6 Å². The second-order valence-corrected chi connectivity index (χ2v) is 9.41. The molecule has 0 saturated heterocycles. The standard InChI is InChI=1S/C24H38O5/c1-13(2)9-8-10-14(3)20-19(28-16(5)25)11-15(4)17-12-18(17)21-22(20)24(27-7)29-23(21)26-6/h9,14-15,17-20,23-24H,8,10-12H2,1-7H3/t14?,15-,17+,18+,19-,20-,23+,24+/m1/s1. The molecular weight excluding hydrogens is 368 g/mol. The van der Waals surface area contributed by atoms with Gasteiger partial charge in [-0.15, -0.1) is 0 Å². The lowest BCUT2D eigenvalue weighted by Crippen LogP contribution is -2.38. The van der Waals surface area contributed by atoms with Gasteiger partial charge in [-0.2, -0.15) is 0 Å². The minimum atomic E-state index is -0.432. The zero-order chi connectivity index (χ0) is 21.3. The Hall–Kier alpha value is -1.17. The second kappa shape index (κ2) is 9.32. The molecule has 5 heteroatoms. The lowest BCUT2D eigenvalue weighted by Gasteiger charge is -2.37. The number of rotatable bonds is 7. The van der Waals surface area contributed by atoms with Crippen LogP contribution in [0.3, 0.4) is 0 Å². The predicted molar refractivity (Wildman–Crippen MR) is 112 cm³/mol. The highest BCUT2D eigenvalue weighted by Gasteiger charge is 2.55. The lowest BCUT2D eigenvalue weighted by atomic mass is 9.73. The molecular formula is C24H38O5. The number of esters is 1. The van der Waals surface area contributed by atoms with E-state index in [-0.39, 0.29) is 24.3 Å². The molecule has 164 valence electrons. The van der Waals surface area contributed by atoms with Crippen LogP contribution in [0.5, 0.6) is 0 Å². The SMILES string of the molecule is CO[C@H]1O[C@H](OC)C2=C1[C@H]1C[C@H]1[C@H](C)C[C@@H](OC(C)=O)[C@H]2C(C)CCC=C(C)C. The van der Waals surface area contributed by atoms with Crippen molar-refractivity contribution >= 4 is 5.97 Å². The molecule has 1 aliphatic heterocycles. The van der Waals surface area contributed by atoms with Gasteiger partial charge < -0.3 is 18.9 Å². The highest BCUT2D eigenvalue weighted by atomic mass is 16.8. The number of allylic oxidation sites excluding steroid dienone is 2. The molecule has 0 aromatic rings. The maximum absolute atomic E-state index is 12.0. The van der Waals surface area contributed by atoms with Crippen molar-refractivity contribution in [1.82, 2.24) is 0 Å². The number of fused-ring (bicyclic) bond motifs is 2. The van der Waals surface area contributed by atoms with Gasteiger partial charge in [-0.1, -0.05) is 25.5 Å². The normalized spacial score (nSPS) is 37.1. The topological polar surface area (TPSA) is 54.0 Å². The summed E-state index contributed by atoms with van der Waals surface area (Å²) in [5, 5.41) is 0. The van der Waals surface area contributed by atoms with Crippen molar-refractivity contribution in [2.24, 2.45) is 29.6 Å². The summed E-state index contributed by atoms with van der Waals surface area (Å²) >= 11 is 0. The van der Waals surface area contributed by atoms with E-state index in [1.54, 1.807) is 14.2 Å². The van der Waals surface area contributed by atoms with Gasteiger partial charge >= 0.3 is 5.97 Å². The van der Waals surface area contributed by atoms with E-state index in [0.717, 1.165) is 25.7 Å². The number of methoxy groups -OCH3 is 2. The molecule has 1 heterocycles. The zero-order valence-electron chi connectivity index (χ0n) is 19.1. The van der Waals surface area contributed by atoms with Gasteiger partial charge in [0, 0.05) is 27.1 Å². The Labute approximate surface area is 175 Å². The third kappa shape index (κ3) is 4.78. The van der Waals surface area contributed by atoms with Gasteiger partial charge in [0.05, 0.1) is 0 Å². The highest BCUT2D eigenvalue weighted by Crippen LogP contribution is 2.58. The fourth-order valence-electron chi connectivity index (χ4n) is 5.55. The quantitative estimate of drug-likeness (QED) is 0.446. The summed E-state index contributed by atoms with van der Waals surface area (Å²) in [5.74, 6) is 1.81. The van der Waals surface area contributed by atoms with Crippen LogP contribution in [0.2, 0.25) is 0 Å². The molecule has 5 nitrogen and oxygen atoms in total. The van der Waals surface area contributed by atoms with Gasteiger partial charge in [0.1, 0.15) is 6.10 Å². The van der Waals surface area contributed by atoms with Crippen LogP contribution >= 0.6 is 0 Å². The van der Waals surface area contributed by atoms with Gasteiger partial charge in [-0.05, 0) is 74.3 Å². The van der Waals surface area contributed by atoms with Crippen LogP contribution in [0.25, 0.3) is 0 Å². The van der Waals surface area contributed by atoms with E-state index in [4.69, 9.17) is 18.9 Å². The molecule has 8 atom stereocenters. The summed E-state index contributed by atoms with van der Waals surface area (Å²) in [7, 11) is 3.38. The van der Waals surface area contributed by atoms with Gasteiger partial charge in [0.2, 0.25) is 0 Å². The monoisotopic (exact) mass is 406 g/mol. The summed E-state index contributed by atoms with van der Waals surface area (Å²) in [5.41, 5.74) is 3.76. The zero-order valence-corrected chi connectivity index (χ0v) is 19.1. The molecule has 0 aromatic heterocycles. The molecule has 0 aromatic carbocycles. The molecule has 1 saturated carbocycles. The summed E-state index contributed by atoms with van der Waals surface area (Å²) in [4.78, 5) is 12.0. The van der Waals surface area contributed by atoms with Gasteiger partial charge in [-0.25, -0.2) is 0 Å². The van der Waals surface area contributed by atoms with Crippen LogP contribution in [0.1, 0.15) is 60.3 Å². The molecule has 0 spiro atoms. The third-order valence-electron chi connectivity index (χ3n) is 6.96. The number of carbonyl (C=O) groups excluding carboxylic acids is 1. The van der Waals surface area contributed by atoms with Crippen LogP contribution < -0.4 is 0 Å². The molecule has 1 unspecified atom stereocenters. The van der Waals surface area contributed by atoms with Crippen molar-refractivity contribution in [3.63, 3.8) is 0 Å². The summed E-state index contributed by atoms with van der Waals surface area (Å²) in [6.07, 6.45) is 5.43. The molecule has 2 aliphatic carbocycles. The highest BCUT2D eigenvalue weighted by molar-refractivity contribution is 5.66. The van der Waals surface area contributed by atoms with Crippen LogP contribution in [0.15, 0.2) is 22.8 Å². The number of ether oxygens (including phenoxy) is 4. The molecule has 29 heavy (non-hydrogen) atoms. The molecule has 0 amide bonds. The molecule has 0 radical (unpaired) electrons. The maximum Gasteiger partial charge on any atom is 0.302 e.